The molecule has 1 radical (unpaired) electrons. The van der Waals surface area contributed by atoms with Crippen LogP contribution in [0.15, 0.2) is 35.1 Å². The summed E-state index contributed by atoms with van der Waals surface area (Å²) in [4.78, 5) is 4.55. The fourth-order valence-corrected chi connectivity index (χ4v) is 1.52. The van der Waals surface area contributed by atoms with Gasteiger partial charge in [0, 0.05) is 17.1 Å². The average Bonchev–Trinajstić information content (AvgIpc) is 2.58. The molecule has 0 aromatic heterocycles. The van der Waals surface area contributed by atoms with Gasteiger partial charge in [0.1, 0.15) is 0 Å². The fourth-order valence-electron chi connectivity index (χ4n) is 1.52. The van der Waals surface area contributed by atoms with Gasteiger partial charge in [-0.15, -0.1) is 12.8 Å². The molecule has 0 bridgehead atoms. The Balaban J connectivity index is 0.00000225. The molecule has 2 N–H and O–H groups in total. The van der Waals surface area contributed by atoms with Crippen LogP contribution in [0.1, 0.15) is 27.2 Å². The van der Waals surface area contributed by atoms with Gasteiger partial charge in [-0.1, -0.05) is 32.6 Å². The number of rotatable bonds is 4. The maximum atomic E-state index is 5.56. The predicted molar refractivity (Wildman–Crippen MR) is 65.3 cm³/mol. The normalized spacial score (nSPS) is 19.1. The van der Waals surface area contributed by atoms with Gasteiger partial charge in [0.2, 0.25) is 0 Å². The van der Waals surface area contributed by atoms with Crippen LogP contribution in [0.2, 0.25) is 0 Å². The molecule has 0 aliphatic carbocycles. The van der Waals surface area contributed by atoms with Crippen molar-refractivity contribution < 1.29 is 17.1 Å². The van der Waals surface area contributed by atoms with Crippen LogP contribution < -0.4 is 5.73 Å². The topological polar surface area (TPSA) is 38.4 Å². The van der Waals surface area contributed by atoms with Gasteiger partial charge in [-0.3, -0.25) is 0 Å². The van der Waals surface area contributed by atoms with Crippen LogP contribution in [-0.2, 0) is 17.1 Å². The van der Waals surface area contributed by atoms with Crippen LogP contribution in [-0.4, -0.2) is 5.71 Å². The van der Waals surface area contributed by atoms with Crippen molar-refractivity contribution in [3.63, 3.8) is 0 Å². The van der Waals surface area contributed by atoms with E-state index in [-0.39, 0.29) is 23.0 Å². The molecular weight excluding hydrogens is 239 g/mol. The SMILES string of the molecule is C=CC(C)C1=NC(CC(C)C)=[C-]C1=CN.[Mn]. The Morgan fingerprint density at radius 3 is 2.50 bits per heavy atom. The molecule has 0 fully saturated rings. The number of nitrogens with two attached hydrogens (primary N) is 1. The zero-order chi connectivity index (χ0) is 11.4. The number of hydrogen-bond donors (Lipinski definition) is 1. The molecule has 1 rings (SSSR count). The van der Waals surface area contributed by atoms with Gasteiger partial charge in [-0.05, 0) is 24.0 Å². The zero-order valence-electron chi connectivity index (χ0n) is 10.1. The van der Waals surface area contributed by atoms with Crippen LogP contribution in [0.4, 0.5) is 0 Å². The largest absolute Gasteiger partial charge is 0.455 e. The van der Waals surface area contributed by atoms with Crippen molar-refractivity contribution in [1.29, 1.82) is 0 Å². The molecule has 0 saturated heterocycles. The Kier molecular flexibility index (Phi) is 6.39. The number of allylic oxidation sites excluding steroid dienone is 4. The Morgan fingerprint density at radius 1 is 1.44 bits per heavy atom. The summed E-state index contributed by atoms with van der Waals surface area (Å²) in [6, 6.07) is 0. The van der Waals surface area contributed by atoms with Gasteiger partial charge in [-0.2, -0.15) is 11.6 Å². The Hall–Kier alpha value is -0.791. The van der Waals surface area contributed by atoms with E-state index in [9.17, 15) is 0 Å². The maximum Gasteiger partial charge on any atom is 0 e. The second-order valence-electron chi connectivity index (χ2n) is 4.27. The first-order valence-electron chi connectivity index (χ1n) is 5.34. The van der Waals surface area contributed by atoms with E-state index in [1.807, 2.05) is 6.08 Å². The second kappa shape index (κ2) is 6.72. The summed E-state index contributed by atoms with van der Waals surface area (Å²) in [6.45, 7) is 10.2. The first-order chi connectivity index (χ1) is 7.08. The molecule has 3 heteroatoms. The van der Waals surface area contributed by atoms with Crippen LogP contribution in [0, 0.1) is 17.9 Å². The molecule has 0 aromatic rings. The molecule has 2 nitrogen and oxygen atoms in total. The summed E-state index contributed by atoms with van der Waals surface area (Å²) in [6.07, 6.45) is 7.64. The molecule has 1 unspecified atom stereocenters. The molecule has 0 amide bonds. The van der Waals surface area contributed by atoms with Crippen LogP contribution in [0.25, 0.3) is 0 Å². The number of hydrogen-bond acceptors (Lipinski definition) is 2. The fraction of sp³-hybridized carbons (Fsp3) is 0.462. The van der Waals surface area contributed by atoms with E-state index in [1.165, 1.54) is 0 Å². The molecular formula is C13H19MnN2-. The second-order valence-corrected chi connectivity index (χ2v) is 4.27. The Morgan fingerprint density at radius 2 is 2.06 bits per heavy atom. The summed E-state index contributed by atoms with van der Waals surface area (Å²) in [7, 11) is 0. The van der Waals surface area contributed by atoms with Crippen molar-refractivity contribution in [2.75, 3.05) is 0 Å². The van der Waals surface area contributed by atoms with Crippen molar-refractivity contribution in [2.45, 2.75) is 27.2 Å². The minimum atomic E-state index is 0. The summed E-state index contributed by atoms with van der Waals surface area (Å²) < 4.78 is 0. The quantitative estimate of drug-likeness (QED) is 0.470. The van der Waals surface area contributed by atoms with Crippen molar-refractivity contribution in [3.8, 4) is 0 Å². The molecule has 1 aliphatic heterocycles. The molecule has 16 heavy (non-hydrogen) atoms. The molecule has 0 spiro atoms. The number of aliphatic imine (C=N–C) groups is 1. The summed E-state index contributed by atoms with van der Waals surface area (Å²) in [5.41, 5.74) is 8.47. The maximum absolute atomic E-state index is 5.56. The van der Waals surface area contributed by atoms with E-state index in [1.54, 1.807) is 6.20 Å². The van der Waals surface area contributed by atoms with Gasteiger partial charge < -0.3 is 10.7 Å². The van der Waals surface area contributed by atoms with Gasteiger partial charge in [-0.25, -0.2) is 0 Å². The van der Waals surface area contributed by atoms with E-state index in [0.29, 0.717) is 5.92 Å². The van der Waals surface area contributed by atoms with Crippen LogP contribution >= 0.6 is 0 Å². The third-order valence-corrected chi connectivity index (χ3v) is 2.36. The van der Waals surface area contributed by atoms with E-state index in [0.717, 1.165) is 23.4 Å². The molecule has 0 saturated carbocycles. The molecule has 1 atom stereocenters. The molecule has 1 heterocycles. The van der Waals surface area contributed by atoms with Crippen molar-refractivity contribution >= 4 is 5.71 Å². The van der Waals surface area contributed by atoms with Gasteiger partial charge in [0.25, 0.3) is 0 Å². The standard InChI is InChI=1S/C13H19N2.Mn/c1-5-10(4)13-11(8-14)7-12(15-13)6-9(2)3;/h5,8-10H,1,6,14H2,2-4H3;/q-1;. The Bertz CT molecular complexity index is 338. The first kappa shape index (κ1) is 15.2. The van der Waals surface area contributed by atoms with E-state index >= 15 is 0 Å². The summed E-state index contributed by atoms with van der Waals surface area (Å²) in [5, 5.41) is 0. The van der Waals surface area contributed by atoms with E-state index < -0.39 is 0 Å². The van der Waals surface area contributed by atoms with E-state index in [2.05, 4.69) is 38.4 Å². The van der Waals surface area contributed by atoms with E-state index in [4.69, 9.17) is 5.73 Å². The average molecular weight is 258 g/mol. The predicted octanol–water partition coefficient (Wildman–Crippen LogP) is 2.84. The Labute approximate surface area is 109 Å². The molecule has 89 valence electrons. The summed E-state index contributed by atoms with van der Waals surface area (Å²) in [5.74, 6) is 0.825. The summed E-state index contributed by atoms with van der Waals surface area (Å²) >= 11 is 0. The minimum absolute atomic E-state index is 0. The zero-order valence-corrected chi connectivity index (χ0v) is 11.3. The molecule has 0 aromatic carbocycles. The monoisotopic (exact) mass is 258 g/mol. The minimum Gasteiger partial charge on any atom is -0.455 e. The van der Waals surface area contributed by atoms with Gasteiger partial charge in [0.15, 0.2) is 0 Å². The van der Waals surface area contributed by atoms with Crippen molar-refractivity contribution in [1.82, 2.24) is 0 Å². The first-order valence-corrected chi connectivity index (χ1v) is 5.34. The van der Waals surface area contributed by atoms with Gasteiger partial charge >= 0.3 is 0 Å². The number of nitrogens with zero attached hydrogens (tertiary/aromatic N) is 1. The van der Waals surface area contributed by atoms with Gasteiger partial charge in [0.05, 0.1) is 0 Å². The van der Waals surface area contributed by atoms with Crippen LogP contribution in [0.3, 0.4) is 0 Å². The smallest absolute Gasteiger partial charge is 0 e. The van der Waals surface area contributed by atoms with Crippen LogP contribution in [0.5, 0.6) is 0 Å². The van der Waals surface area contributed by atoms with Crippen molar-refractivity contribution in [3.05, 3.63) is 36.2 Å². The third-order valence-electron chi connectivity index (χ3n) is 2.36. The molecule has 1 aliphatic rings. The van der Waals surface area contributed by atoms with Crippen molar-refractivity contribution in [2.24, 2.45) is 22.6 Å². The third kappa shape index (κ3) is 3.66.